The van der Waals surface area contributed by atoms with Crippen LogP contribution < -0.4 is 0 Å². The maximum absolute atomic E-state index is 5.36. The van der Waals surface area contributed by atoms with E-state index in [9.17, 15) is 0 Å². The number of ether oxygens (including phenoxy) is 1. The Morgan fingerprint density at radius 3 is 2.14 bits per heavy atom. The minimum atomic E-state index is 0.664. The molecule has 1 saturated heterocycles. The average molecular weight is 320 g/mol. The van der Waals surface area contributed by atoms with Gasteiger partial charge < -0.3 is 4.74 Å². The van der Waals surface area contributed by atoms with Gasteiger partial charge in [-0.05, 0) is 42.5 Å². The summed E-state index contributed by atoms with van der Waals surface area (Å²) in [5, 5.41) is 0. The second-order valence-corrected chi connectivity index (χ2v) is 5.42. The van der Waals surface area contributed by atoms with E-state index in [1.54, 1.807) is 0 Å². The number of rotatable bonds is 1. The smallest absolute Gasteiger partial charge is 0.0471 e. The summed E-state index contributed by atoms with van der Waals surface area (Å²) in [6.45, 7) is 1.80. The topological polar surface area (TPSA) is 9.23 Å². The molecule has 1 aliphatic rings. The lowest BCUT2D eigenvalue weighted by molar-refractivity contribution is 0.0853. The molecule has 1 aromatic rings. The lowest BCUT2D eigenvalue weighted by Crippen LogP contribution is -2.14. The standard InChI is InChI=1S/C11H12Br2O/c12-10-5-9(6-11(13)7-10)8-1-3-14-4-2-8/h5-8H,1-4H2. The van der Waals surface area contributed by atoms with E-state index in [2.05, 4.69) is 50.1 Å². The number of hydrogen-bond acceptors (Lipinski definition) is 1. The van der Waals surface area contributed by atoms with Crippen LogP contribution in [-0.4, -0.2) is 13.2 Å². The Morgan fingerprint density at radius 1 is 1.00 bits per heavy atom. The second-order valence-electron chi connectivity index (χ2n) is 3.59. The third-order valence-corrected chi connectivity index (χ3v) is 3.49. The molecule has 0 aromatic heterocycles. The summed E-state index contributed by atoms with van der Waals surface area (Å²) in [4.78, 5) is 0. The molecule has 0 saturated carbocycles. The molecule has 0 N–H and O–H groups in total. The third kappa shape index (κ3) is 2.59. The van der Waals surface area contributed by atoms with Crippen LogP contribution in [0.4, 0.5) is 0 Å². The molecule has 1 heterocycles. The quantitative estimate of drug-likeness (QED) is 0.757. The van der Waals surface area contributed by atoms with E-state index in [0.717, 1.165) is 35.0 Å². The average Bonchev–Trinajstić information content (AvgIpc) is 2.18. The van der Waals surface area contributed by atoms with Crippen molar-refractivity contribution in [3.63, 3.8) is 0 Å². The van der Waals surface area contributed by atoms with Gasteiger partial charge in [-0.2, -0.15) is 0 Å². The van der Waals surface area contributed by atoms with Gasteiger partial charge in [0, 0.05) is 22.2 Å². The fourth-order valence-corrected chi connectivity index (χ4v) is 3.17. The lowest BCUT2D eigenvalue weighted by atomic mass is 9.92. The first-order chi connectivity index (χ1) is 6.75. The van der Waals surface area contributed by atoms with Crippen molar-refractivity contribution in [1.82, 2.24) is 0 Å². The van der Waals surface area contributed by atoms with Crippen molar-refractivity contribution in [2.45, 2.75) is 18.8 Å². The lowest BCUT2D eigenvalue weighted by Gasteiger charge is -2.22. The molecule has 0 atom stereocenters. The van der Waals surface area contributed by atoms with E-state index in [0.29, 0.717) is 5.92 Å². The molecule has 1 fully saturated rings. The Balaban J connectivity index is 2.21. The normalized spacial score (nSPS) is 18.4. The molecule has 0 spiro atoms. The maximum Gasteiger partial charge on any atom is 0.0471 e. The van der Waals surface area contributed by atoms with Crippen molar-refractivity contribution in [3.8, 4) is 0 Å². The van der Waals surface area contributed by atoms with Gasteiger partial charge in [-0.15, -0.1) is 0 Å². The summed E-state index contributed by atoms with van der Waals surface area (Å²) in [6, 6.07) is 6.49. The zero-order chi connectivity index (χ0) is 9.97. The van der Waals surface area contributed by atoms with Crippen molar-refractivity contribution < 1.29 is 4.74 Å². The molecule has 1 aliphatic heterocycles. The Kier molecular flexibility index (Phi) is 3.63. The molecule has 0 amide bonds. The van der Waals surface area contributed by atoms with E-state index in [4.69, 9.17) is 4.74 Å². The van der Waals surface area contributed by atoms with Crippen LogP contribution in [0.25, 0.3) is 0 Å². The van der Waals surface area contributed by atoms with E-state index >= 15 is 0 Å². The van der Waals surface area contributed by atoms with Crippen LogP contribution in [0.1, 0.15) is 24.3 Å². The highest BCUT2D eigenvalue weighted by Gasteiger charge is 2.16. The fraction of sp³-hybridized carbons (Fsp3) is 0.455. The van der Waals surface area contributed by atoms with Crippen LogP contribution in [-0.2, 0) is 4.74 Å². The highest BCUT2D eigenvalue weighted by Crippen LogP contribution is 2.31. The minimum Gasteiger partial charge on any atom is -0.381 e. The van der Waals surface area contributed by atoms with Gasteiger partial charge in [-0.1, -0.05) is 31.9 Å². The van der Waals surface area contributed by atoms with Gasteiger partial charge in [0.05, 0.1) is 0 Å². The summed E-state index contributed by atoms with van der Waals surface area (Å²) in [5.74, 6) is 0.664. The maximum atomic E-state index is 5.36. The van der Waals surface area contributed by atoms with Crippen LogP contribution >= 0.6 is 31.9 Å². The van der Waals surface area contributed by atoms with Crippen LogP contribution in [0.3, 0.4) is 0 Å². The number of benzene rings is 1. The highest BCUT2D eigenvalue weighted by molar-refractivity contribution is 9.11. The first-order valence-corrected chi connectivity index (χ1v) is 6.38. The van der Waals surface area contributed by atoms with Gasteiger partial charge in [0.15, 0.2) is 0 Å². The minimum absolute atomic E-state index is 0.664. The first kappa shape index (κ1) is 10.7. The SMILES string of the molecule is Brc1cc(Br)cc(C2CCOCC2)c1. The Bertz CT molecular complexity index is 299. The molecule has 0 bridgehead atoms. The molecule has 0 aliphatic carbocycles. The Labute approximate surface area is 101 Å². The van der Waals surface area contributed by atoms with E-state index in [-0.39, 0.29) is 0 Å². The van der Waals surface area contributed by atoms with Gasteiger partial charge in [0.2, 0.25) is 0 Å². The van der Waals surface area contributed by atoms with Crippen molar-refractivity contribution >= 4 is 31.9 Å². The summed E-state index contributed by atoms with van der Waals surface area (Å²) in [5.41, 5.74) is 1.41. The Hall–Kier alpha value is 0.140. The van der Waals surface area contributed by atoms with E-state index in [1.807, 2.05) is 0 Å². The van der Waals surface area contributed by atoms with Gasteiger partial charge in [0.1, 0.15) is 0 Å². The van der Waals surface area contributed by atoms with Gasteiger partial charge in [-0.25, -0.2) is 0 Å². The summed E-state index contributed by atoms with van der Waals surface area (Å²) >= 11 is 7.04. The number of halogens is 2. The van der Waals surface area contributed by atoms with E-state index in [1.165, 1.54) is 5.56 Å². The van der Waals surface area contributed by atoms with Crippen molar-refractivity contribution in [3.05, 3.63) is 32.7 Å². The predicted octanol–water partition coefficient (Wildman–Crippen LogP) is 4.11. The zero-order valence-electron chi connectivity index (χ0n) is 7.80. The molecule has 14 heavy (non-hydrogen) atoms. The van der Waals surface area contributed by atoms with Crippen LogP contribution in [0.15, 0.2) is 27.1 Å². The summed E-state index contributed by atoms with van der Waals surface area (Å²) in [7, 11) is 0. The van der Waals surface area contributed by atoms with Crippen molar-refractivity contribution in [2.75, 3.05) is 13.2 Å². The molecule has 1 nitrogen and oxygen atoms in total. The van der Waals surface area contributed by atoms with Crippen LogP contribution in [0.2, 0.25) is 0 Å². The zero-order valence-corrected chi connectivity index (χ0v) is 11.0. The molecule has 0 unspecified atom stereocenters. The largest absolute Gasteiger partial charge is 0.381 e. The third-order valence-electron chi connectivity index (χ3n) is 2.58. The van der Waals surface area contributed by atoms with Crippen LogP contribution in [0, 0.1) is 0 Å². The van der Waals surface area contributed by atoms with Gasteiger partial charge >= 0.3 is 0 Å². The van der Waals surface area contributed by atoms with E-state index < -0.39 is 0 Å². The Morgan fingerprint density at radius 2 is 1.57 bits per heavy atom. The van der Waals surface area contributed by atoms with Crippen molar-refractivity contribution in [2.24, 2.45) is 0 Å². The molecule has 1 aromatic carbocycles. The highest BCUT2D eigenvalue weighted by atomic mass is 79.9. The summed E-state index contributed by atoms with van der Waals surface area (Å²) < 4.78 is 7.65. The molecular formula is C11H12Br2O. The number of hydrogen-bond donors (Lipinski definition) is 0. The molecule has 2 rings (SSSR count). The monoisotopic (exact) mass is 318 g/mol. The predicted molar refractivity (Wildman–Crippen MR) is 64.6 cm³/mol. The second kappa shape index (κ2) is 4.77. The molecule has 76 valence electrons. The first-order valence-electron chi connectivity index (χ1n) is 4.79. The molecule has 0 radical (unpaired) electrons. The fourth-order valence-electron chi connectivity index (χ4n) is 1.84. The van der Waals surface area contributed by atoms with Gasteiger partial charge in [0.25, 0.3) is 0 Å². The molecular weight excluding hydrogens is 308 g/mol. The van der Waals surface area contributed by atoms with Crippen molar-refractivity contribution in [1.29, 1.82) is 0 Å². The molecule has 3 heteroatoms. The van der Waals surface area contributed by atoms with Crippen LogP contribution in [0.5, 0.6) is 0 Å². The van der Waals surface area contributed by atoms with Gasteiger partial charge in [-0.3, -0.25) is 0 Å². The summed E-state index contributed by atoms with van der Waals surface area (Å²) in [6.07, 6.45) is 2.28.